The monoisotopic (exact) mass is 404 g/mol. The van der Waals surface area contributed by atoms with Crippen molar-refractivity contribution in [2.75, 3.05) is 25.0 Å². The zero-order valence-electron chi connectivity index (χ0n) is 14.3. The molecule has 2 heterocycles. The number of halogens is 4. The first kappa shape index (κ1) is 21.0. The van der Waals surface area contributed by atoms with Crippen molar-refractivity contribution >= 4 is 24.0 Å². The fraction of sp³-hybridized carbons (Fsp3) is 0.412. The average molecular weight is 405 g/mol. The van der Waals surface area contributed by atoms with Gasteiger partial charge in [-0.1, -0.05) is 6.07 Å². The first-order valence-corrected chi connectivity index (χ1v) is 8.21. The van der Waals surface area contributed by atoms with E-state index in [9.17, 15) is 18.0 Å². The van der Waals surface area contributed by atoms with Crippen LogP contribution in [0.3, 0.4) is 0 Å². The van der Waals surface area contributed by atoms with Gasteiger partial charge in [-0.3, -0.25) is 9.48 Å². The van der Waals surface area contributed by atoms with Gasteiger partial charge < -0.3 is 15.4 Å². The molecule has 0 bridgehead atoms. The molecule has 1 saturated heterocycles. The van der Waals surface area contributed by atoms with Gasteiger partial charge in [0.15, 0.2) is 6.61 Å². The summed E-state index contributed by atoms with van der Waals surface area (Å²) in [5.74, 6) is -0.214. The van der Waals surface area contributed by atoms with Crippen molar-refractivity contribution in [1.29, 1.82) is 0 Å². The topological polar surface area (TPSA) is 68.2 Å². The van der Waals surface area contributed by atoms with Gasteiger partial charge in [0.1, 0.15) is 11.3 Å². The van der Waals surface area contributed by atoms with Gasteiger partial charge in [-0.25, -0.2) is 0 Å². The zero-order chi connectivity index (χ0) is 18.6. The highest BCUT2D eigenvalue weighted by Gasteiger charge is 2.42. The molecule has 148 valence electrons. The second-order valence-corrected chi connectivity index (χ2v) is 6.12. The van der Waals surface area contributed by atoms with Crippen LogP contribution in [-0.4, -0.2) is 41.6 Å². The van der Waals surface area contributed by atoms with Gasteiger partial charge in [-0.15, -0.1) is 12.4 Å². The zero-order valence-corrected chi connectivity index (χ0v) is 15.1. The van der Waals surface area contributed by atoms with Crippen LogP contribution in [0.2, 0.25) is 0 Å². The minimum atomic E-state index is -4.42. The molecule has 1 aliphatic rings. The highest BCUT2D eigenvalue weighted by Crippen LogP contribution is 2.29. The summed E-state index contributed by atoms with van der Waals surface area (Å²) in [7, 11) is 0. The maximum atomic E-state index is 13.0. The fourth-order valence-corrected chi connectivity index (χ4v) is 3.00. The number of carbonyl (C=O) groups excluding carboxylic acids is 1. The van der Waals surface area contributed by atoms with Crippen molar-refractivity contribution in [2.24, 2.45) is 0 Å². The molecule has 6 nitrogen and oxygen atoms in total. The predicted octanol–water partition coefficient (Wildman–Crippen LogP) is 2.96. The minimum Gasteiger partial charge on any atom is -0.484 e. The Kier molecular flexibility index (Phi) is 6.72. The summed E-state index contributed by atoms with van der Waals surface area (Å²) in [4.78, 5) is 13.0. The molecule has 1 aromatic carbocycles. The molecule has 1 amide bonds. The third-order valence-electron chi connectivity index (χ3n) is 4.29. The molecule has 10 heteroatoms. The largest absolute Gasteiger partial charge is 0.484 e. The van der Waals surface area contributed by atoms with Crippen molar-refractivity contribution in [3.63, 3.8) is 0 Å². The standard InChI is InChI=1S/C17H19F3N4O2.ClH/c18-17(19,20)12-26-14-4-1-3-13(11-14)23-15(25)16(5-8-21-9-6-16)24-10-2-7-22-24;/h1-4,7,10-11,21H,5-6,8-9,12H2,(H,23,25);1H. The smallest absolute Gasteiger partial charge is 0.422 e. The molecule has 0 atom stereocenters. The second kappa shape index (κ2) is 8.62. The Bertz CT molecular complexity index is 747. The lowest BCUT2D eigenvalue weighted by Gasteiger charge is -2.36. The Balaban J connectivity index is 0.00000261. The van der Waals surface area contributed by atoms with Crippen molar-refractivity contribution in [2.45, 2.75) is 24.6 Å². The SMILES string of the molecule is Cl.O=C(Nc1cccc(OCC(F)(F)F)c1)C1(n2cccn2)CCNCC1. The van der Waals surface area contributed by atoms with E-state index in [1.807, 2.05) is 0 Å². The lowest BCUT2D eigenvalue weighted by atomic mass is 9.87. The summed E-state index contributed by atoms with van der Waals surface area (Å²) in [5.41, 5.74) is -0.461. The first-order valence-electron chi connectivity index (χ1n) is 8.21. The van der Waals surface area contributed by atoms with E-state index in [2.05, 4.69) is 15.7 Å². The Morgan fingerprint density at radius 1 is 1.30 bits per heavy atom. The van der Waals surface area contributed by atoms with Gasteiger partial charge >= 0.3 is 6.18 Å². The number of hydrogen-bond acceptors (Lipinski definition) is 4. The number of nitrogens with zero attached hydrogens (tertiary/aromatic N) is 2. The van der Waals surface area contributed by atoms with Crippen LogP contribution < -0.4 is 15.4 Å². The number of hydrogen-bond donors (Lipinski definition) is 2. The van der Waals surface area contributed by atoms with Crippen molar-refractivity contribution < 1.29 is 22.7 Å². The van der Waals surface area contributed by atoms with Crippen LogP contribution in [0.4, 0.5) is 18.9 Å². The van der Waals surface area contributed by atoms with E-state index in [-0.39, 0.29) is 24.1 Å². The number of aromatic nitrogens is 2. The molecular weight excluding hydrogens is 385 g/mol. The maximum Gasteiger partial charge on any atom is 0.422 e. The molecule has 0 unspecified atom stereocenters. The molecule has 0 radical (unpaired) electrons. The molecule has 0 saturated carbocycles. The average Bonchev–Trinajstić information content (AvgIpc) is 3.15. The number of benzene rings is 1. The number of ether oxygens (including phenoxy) is 1. The molecule has 0 aliphatic carbocycles. The lowest BCUT2D eigenvalue weighted by Crippen LogP contribution is -2.52. The quantitative estimate of drug-likeness (QED) is 0.804. The third kappa shape index (κ3) is 5.14. The molecule has 27 heavy (non-hydrogen) atoms. The Morgan fingerprint density at radius 2 is 2.04 bits per heavy atom. The molecule has 1 aromatic heterocycles. The molecular formula is C17H20ClF3N4O2. The minimum absolute atomic E-state index is 0. The molecule has 2 N–H and O–H groups in total. The summed E-state index contributed by atoms with van der Waals surface area (Å²) in [5, 5.41) is 10.2. The summed E-state index contributed by atoms with van der Waals surface area (Å²) in [6, 6.07) is 7.68. The van der Waals surface area contributed by atoms with Gasteiger partial charge in [0, 0.05) is 24.1 Å². The number of anilines is 1. The number of nitrogens with one attached hydrogen (secondary N) is 2. The van der Waals surface area contributed by atoms with E-state index >= 15 is 0 Å². The van der Waals surface area contributed by atoms with Crippen LogP contribution in [0, 0.1) is 0 Å². The summed E-state index contributed by atoms with van der Waals surface area (Å²) >= 11 is 0. The Labute approximate surface area is 160 Å². The summed E-state index contributed by atoms with van der Waals surface area (Å²) < 4.78 is 43.3. The van der Waals surface area contributed by atoms with Crippen LogP contribution in [0.25, 0.3) is 0 Å². The predicted molar refractivity (Wildman–Crippen MR) is 96.2 cm³/mol. The number of alkyl halides is 3. The number of piperidine rings is 1. The van der Waals surface area contributed by atoms with Crippen LogP contribution in [0.15, 0.2) is 42.7 Å². The van der Waals surface area contributed by atoms with Gasteiger partial charge in [0.25, 0.3) is 5.91 Å². The summed E-state index contributed by atoms with van der Waals surface area (Å²) in [6.45, 7) is -0.0443. The van der Waals surface area contributed by atoms with E-state index in [0.29, 0.717) is 31.6 Å². The number of carbonyl (C=O) groups is 1. The van der Waals surface area contributed by atoms with Gasteiger partial charge in [0.05, 0.1) is 0 Å². The normalized spacial score (nSPS) is 16.3. The van der Waals surface area contributed by atoms with Crippen LogP contribution >= 0.6 is 12.4 Å². The number of rotatable bonds is 5. The third-order valence-corrected chi connectivity index (χ3v) is 4.29. The maximum absolute atomic E-state index is 13.0. The Morgan fingerprint density at radius 3 is 2.67 bits per heavy atom. The van der Waals surface area contributed by atoms with E-state index < -0.39 is 18.3 Å². The highest BCUT2D eigenvalue weighted by atomic mass is 35.5. The van der Waals surface area contributed by atoms with Crippen LogP contribution in [0.1, 0.15) is 12.8 Å². The van der Waals surface area contributed by atoms with E-state index in [4.69, 9.17) is 4.74 Å². The molecule has 2 aromatic rings. The fourth-order valence-electron chi connectivity index (χ4n) is 3.00. The van der Waals surface area contributed by atoms with Gasteiger partial charge in [0.2, 0.25) is 0 Å². The van der Waals surface area contributed by atoms with Crippen LogP contribution in [0.5, 0.6) is 5.75 Å². The van der Waals surface area contributed by atoms with Crippen molar-refractivity contribution in [3.8, 4) is 5.75 Å². The molecule has 0 spiro atoms. The second-order valence-electron chi connectivity index (χ2n) is 6.12. The van der Waals surface area contributed by atoms with Gasteiger partial charge in [-0.05, 0) is 44.1 Å². The summed E-state index contributed by atoms with van der Waals surface area (Å²) in [6.07, 6.45) is 0.0600. The molecule has 3 rings (SSSR count). The lowest BCUT2D eigenvalue weighted by molar-refractivity contribution is -0.153. The van der Waals surface area contributed by atoms with E-state index in [1.54, 1.807) is 29.2 Å². The number of amides is 1. The highest BCUT2D eigenvalue weighted by molar-refractivity contribution is 5.96. The van der Waals surface area contributed by atoms with Crippen molar-refractivity contribution in [3.05, 3.63) is 42.7 Å². The van der Waals surface area contributed by atoms with E-state index in [1.165, 1.54) is 18.2 Å². The molecule has 1 aliphatic heterocycles. The first-order chi connectivity index (χ1) is 12.4. The van der Waals surface area contributed by atoms with Crippen molar-refractivity contribution in [1.82, 2.24) is 15.1 Å². The van der Waals surface area contributed by atoms with E-state index in [0.717, 1.165) is 0 Å². The molecule has 1 fully saturated rings. The Hall–Kier alpha value is -2.26. The van der Waals surface area contributed by atoms with Gasteiger partial charge in [-0.2, -0.15) is 18.3 Å². The van der Waals surface area contributed by atoms with Crippen LogP contribution in [-0.2, 0) is 10.3 Å².